The monoisotopic (exact) mass is 264 g/mol. The van der Waals surface area contributed by atoms with Gasteiger partial charge in [0.05, 0.1) is 12.6 Å². The SMILES string of the molecule is CCCCC(N)(c1cccc(OC)c1)C(C)N(C)C. The lowest BCUT2D eigenvalue weighted by Gasteiger charge is -2.40. The van der Waals surface area contributed by atoms with Crippen LogP contribution in [0.5, 0.6) is 5.75 Å². The first kappa shape index (κ1) is 16.0. The molecule has 0 aliphatic carbocycles. The second-order valence-corrected chi connectivity index (χ2v) is 5.52. The van der Waals surface area contributed by atoms with E-state index in [0.29, 0.717) is 0 Å². The molecule has 1 aromatic rings. The minimum Gasteiger partial charge on any atom is -0.497 e. The summed E-state index contributed by atoms with van der Waals surface area (Å²) in [4.78, 5) is 2.19. The number of hydrogen-bond donors (Lipinski definition) is 1. The first-order valence-corrected chi connectivity index (χ1v) is 7.05. The quantitative estimate of drug-likeness (QED) is 0.823. The Morgan fingerprint density at radius 3 is 2.58 bits per heavy atom. The van der Waals surface area contributed by atoms with Gasteiger partial charge >= 0.3 is 0 Å². The fraction of sp³-hybridized carbons (Fsp3) is 0.625. The van der Waals surface area contributed by atoms with Crippen molar-refractivity contribution in [1.29, 1.82) is 0 Å². The number of likely N-dealkylation sites (N-methyl/N-ethyl adjacent to an activating group) is 1. The van der Waals surface area contributed by atoms with E-state index in [1.807, 2.05) is 12.1 Å². The van der Waals surface area contributed by atoms with Crippen molar-refractivity contribution in [3.63, 3.8) is 0 Å². The third-order valence-corrected chi connectivity index (χ3v) is 4.07. The Morgan fingerprint density at radius 1 is 1.37 bits per heavy atom. The highest BCUT2D eigenvalue weighted by molar-refractivity contribution is 5.34. The molecule has 0 radical (unpaired) electrons. The van der Waals surface area contributed by atoms with E-state index < -0.39 is 0 Å². The van der Waals surface area contributed by atoms with E-state index in [0.717, 1.165) is 30.6 Å². The van der Waals surface area contributed by atoms with Crippen molar-refractivity contribution in [1.82, 2.24) is 4.90 Å². The van der Waals surface area contributed by atoms with Gasteiger partial charge in [0.2, 0.25) is 0 Å². The predicted molar refractivity (Wildman–Crippen MR) is 81.5 cm³/mol. The van der Waals surface area contributed by atoms with E-state index >= 15 is 0 Å². The average Bonchev–Trinajstić information content (AvgIpc) is 2.43. The Labute approximate surface area is 117 Å². The topological polar surface area (TPSA) is 38.5 Å². The summed E-state index contributed by atoms with van der Waals surface area (Å²) in [6.07, 6.45) is 3.27. The number of nitrogens with zero attached hydrogens (tertiary/aromatic N) is 1. The molecule has 0 saturated carbocycles. The Morgan fingerprint density at radius 2 is 2.05 bits per heavy atom. The van der Waals surface area contributed by atoms with Gasteiger partial charge in [0, 0.05) is 6.04 Å². The number of benzene rings is 1. The largest absolute Gasteiger partial charge is 0.497 e. The van der Waals surface area contributed by atoms with E-state index in [4.69, 9.17) is 10.5 Å². The zero-order valence-electron chi connectivity index (χ0n) is 12.9. The van der Waals surface area contributed by atoms with Crippen molar-refractivity contribution in [2.75, 3.05) is 21.2 Å². The third kappa shape index (κ3) is 3.71. The van der Waals surface area contributed by atoms with Gasteiger partial charge in [-0.05, 0) is 45.1 Å². The lowest BCUT2D eigenvalue weighted by molar-refractivity contribution is 0.178. The molecule has 0 amide bonds. The van der Waals surface area contributed by atoms with Gasteiger partial charge in [-0.1, -0.05) is 31.9 Å². The molecule has 19 heavy (non-hydrogen) atoms. The van der Waals surface area contributed by atoms with Crippen molar-refractivity contribution in [2.45, 2.75) is 44.7 Å². The van der Waals surface area contributed by atoms with Crippen LogP contribution in [0.25, 0.3) is 0 Å². The molecule has 0 bridgehead atoms. The van der Waals surface area contributed by atoms with Gasteiger partial charge in [0.15, 0.2) is 0 Å². The molecule has 0 heterocycles. The van der Waals surface area contributed by atoms with Gasteiger partial charge in [-0.15, -0.1) is 0 Å². The number of unbranched alkanes of at least 4 members (excludes halogenated alkanes) is 1. The van der Waals surface area contributed by atoms with Crippen molar-refractivity contribution in [3.8, 4) is 5.75 Å². The molecule has 1 aromatic carbocycles. The molecule has 2 atom stereocenters. The summed E-state index contributed by atoms with van der Waals surface area (Å²) >= 11 is 0. The first-order valence-electron chi connectivity index (χ1n) is 7.05. The number of ether oxygens (including phenoxy) is 1. The maximum absolute atomic E-state index is 6.78. The summed E-state index contributed by atoms with van der Waals surface area (Å²) in [6, 6.07) is 8.42. The standard InChI is InChI=1S/C16H28N2O/c1-6-7-11-16(17,13(2)18(3)4)14-9-8-10-15(12-14)19-5/h8-10,12-13H,6-7,11,17H2,1-5H3. The maximum atomic E-state index is 6.78. The first-order chi connectivity index (χ1) is 8.95. The Bertz CT molecular complexity index is 392. The lowest BCUT2D eigenvalue weighted by atomic mass is 9.79. The number of methoxy groups -OCH3 is 1. The second kappa shape index (κ2) is 6.92. The van der Waals surface area contributed by atoms with Crippen molar-refractivity contribution in [2.24, 2.45) is 5.73 Å². The molecular weight excluding hydrogens is 236 g/mol. The molecule has 2 unspecified atom stereocenters. The second-order valence-electron chi connectivity index (χ2n) is 5.52. The Kier molecular flexibility index (Phi) is 5.83. The molecule has 0 aliphatic heterocycles. The molecule has 3 nitrogen and oxygen atoms in total. The Balaban J connectivity index is 3.13. The van der Waals surface area contributed by atoms with Crippen LogP contribution in [-0.4, -0.2) is 32.1 Å². The molecule has 3 heteroatoms. The molecule has 0 aliphatic rings. The minimum atomic E-state index is -0.339. The predicted octanol–water partition coefficient (Wildman–Crippen LogP) is 2.99. The normalized spacial score (nSPS) is 16.2. The molecule has 0 spiro atoms. The highest BCUT2D eigenvalue weighted by Gasteiger charge is 2.34. The van der Waals surface area contributed by atoms with E-state index in [1.54, 1.807) is 7.11 Å². The van der Waals surface area contributed by atoms with Crippen LogP contribution >= 0.6 is 0 Å². The average molecular weight is 264 g/mol. The highest BCUT2D eigenvalue weighted by atomic mass is 16.5. The van der Waals surface area contributed by atoms with Crippen LogP contribution in [0.2, 0.25) is 0 Å². The van der Waals surface area contributed by atoms with Crippen LogP contribution in [-0.2, 0) is 5.54 Å². The molecule has 0 fully saturated rings. The van der Waals surface area contributed by atoms with Crippen molar-refractivity contribution < 1.29 is 4.74 Å². The lowest BCUT2D eigenvalue weighted by Crippen LogP contribution is -2.52. The zero-order chi connectivity index (χ0) is 14.5. The highest BCUT2D eigenvalue weighted by Crippen LogP contribution is 2.32. The van der Waals surface area contributed by atoms with Gasteiger partial charge in [-0.25, -0.2) is 0 Å². The van der Waals surface area contributed by atoms with Crippen LogP contribution in [0.4, 0.5) is 0 Å². The summed E-state index contributed by atoms with van der Waals surface area (Å²) < 4.78 is 5.33. The van der Waals surface area contributed by atoms with Gasteiger partial charge in [-0.3, -0.25) is 0 Å². The number of rotatable bonds is 7. The summed E-state index contributed by atoms with van der Waals surface area (Å²) in [5.74, 6) is 0.870. The summed E-state index contributed by atoms with van der Waals surface area (Å²) in [5, 5.41) is 0. The van der Waals surface area contributed by atoms with Gasteiger partial charge in [-0.2, -0.15) is 0 Å². The zero-order valence-corrected chi connectivity index (χ0v) is 12.9. The summed E-state index contributed by atoms with van der Waals surface area (Å²) in [5.41, 5.74) is 7.59. The molecule has 2 N–H and O–H groups in total. The molecule has 1 rings (SSSR count). The molecular formula is C16H28N2O. The summed E-state index contributed by atoms with van der Waals surface area (Å²) in [7, 11) is 5.86. The fourth-order valence-corrected chi connectivity index (χ4v) is 2.44. The smallest absolute Gasteiger partial charge is 0.119 e. The third-order valence-electron chi connectivity index (χ3n) is 4.07. The Hall–Kier alpha value is -1.06. The van der Waals surface area contributed by atoms with Gasteiger partial charge in [0.1, 0.15) is 5.75 Å². The van der Waals surface area contributed by atoms with Crippen molar-refractivity contribution >= 4 is 0 Å². The molecule has 108 valence electrons. The van der Waals surface area contributed by atoms with Gasteiger partial charge in [0.25, 0.3) is 0 Å². The number of nitrogens with two attached hydrogens (primary N) is 1. The van der Waals surface area contributed by atoms with Crippen LogP contribution in [0.3, 0.4) is 0 Å². The van der Waals surface area contributed by atoms with E-state index in [-0.39, 0.29) is 11.6 Å². The van der Waals surface area contributed by atoms with E-state index in [1.165, 1.54) is 0 Å². The van der Waals surface area contributed by atoms with Crippen LogP contribution in [0.1, 0.15) is 38.7 Å². The van der Waals surface area contributed by atoms with Crippen LogP contribution < -0.4 is 10.5 Å². The fourth-order valence-electron chi connectivity index (χ4n) is 2.44. The molecule has 0 aromatic heterocycles. The van der Waals surface area contributed by atoms with Crippen LogP contribution in [0, 0.1) is 0 Å². The van der Waals surface area contributed by atoms with Gasteiger partial charge < -0.3 is 15.4 Å². The maximum Gasteiger partial charge on any atom is 0.119 e. The van der Waals surface area contributed by atoms with Crippen molar-refractivity contribution in [3.05, 3.63) is 29.8 Å². The molecule has 0 saturated heterocycles. The minimum absolute atomic E-state index is 0.270. The summed E-state index contributed by atoms with van der Waals surface area (Å²) in [6.45, 7) is 4.39. The number of hydrogen-bond acceptors (Lipinski definition) is 3. The van der Waals surface area contributed by atoms with Crippen LogP contribution in [0.15, 0.2) is 24.3 Å². The van der Waals surface area contributed by atoms with E-state index in [2.05, 4.69) is 45.0 Å². The van der Waals surface area contributed by atoms with E-state index in [9.17, 15) is 0 Å².